The molecule has 0 spiro atoms. The van der Waals surface area contributed by atoms with Crippen molar-refractivity contribution >= 4 is 11.9 Å². The second kappa shape index (κ2) is 58.4. The van der Waals surface area contributed by atoms with Crippen LogP contribution < -0.4 is 0 Å². The molecule has 0 aliphatic carbocycles. The van der Waals surface area contributed by atoms with Crippen molar-refractivity contribution in [2.24, 2.45) is 0 Å². The number of hydrogen-bond donors (Lipinski definition) is 0. The molecule has 0 unspecified atom stereocenters. The number of hydrogen-bond acceptors (Lipinski definition) is 5. The molecule has 0 rings (SSSR count). The zero-order valence-corrected chi connectivity index (χ0v) is 45.1. The standard InChI is InChI=1S/C63H110O5/c1-4-7-10-13-16-19-22-25-28-31-32-34-35-38-41-44-47-50-53-56-62(64)67-60-61(59-66-58-55-52-49-46-43-40-37-30-27-24-21-18-15-12-9-6-3)68-63(65)57-54-51-48-45-42-39-36-33-29-26-23-20-17-14-11-8-5-2/h8,11,16-17,19-20,25-26,28-29,36,39,45,48,61H,4-7,9-10,12-15,18,21-24,27,30-35,37-38,40-44,46-47,49-60H2,1-3H3/b11-8-,19-16-,20-17-,28-25-,29-26-,39-36-,48-45-/t61-/m1/s1. The van der Waals surface area contributed by atoms with Gasteiger partial charge in [0.25, 0.3) is 0 Å². The van der Waals surface area contributed by atoms with Crippen LogP contribution in [0.25, 0.3) is 0 Å². The molecule has 0 heterocycles. The summed E-state index contributed by atoms with van der Waals surface area (Å²) in [6.45, 7) is 7.66. The van der Waals surface area contributed by atoms with Crippen LogP contribution in [0, 0.1) is 0 Å². The second-order valence-electron chi connectivity index (χ2n) is 19.2. The number of esters is 2. The van der Waals surface area contributed by atoms with Crippen LogP contribution in [0.2, 0.25) is 0 Å². The molecule has 0 aliphatic heterocycles. The molecule has 0 aromatic carbocycles. The topological polar surface area (TPSA) is 61.8 Å². The Morgan fingerprint density at radius 3 is 1.13 bits per heavy atom. The molecule has 0 saturated heterocycles. The van der Waals surface area contributed by atoms with Gasteiger partial charge in [-0.15, -0.1) is 0 Å². The zero-order valence-electron chi connectivity index (χ0n) is 45.1. The monoisotopic (exact) mass is 947 g/mol. The van der Waals surface area contributed by atoms with Gasteiger partial charge in [0, 0.05) is 19.4 Å². The Kier molecular flexibility index (Phi) is 55.9. The molecule has 0 amide bonds. The fourth-order valence-electron chi connectivity index (χ4n) is 8.11. The number of ether oxygens (including phenoxy) is 3. The van der Waals surface area contributed by atoms with E-state index in [9.17, 15) is 9.59 Å². The van der Waals surface area contributed by atoms with E-state index < -0.39 is 6.10 Å². The third-order valence-corrected chi connectivity index (χ3v) is 12.4. The summed E-state index contributed by atoms with van der Waals surface area (Å²) >= 11 is 0. The normalized spacial score (nSPS) is 12.8. The number of allylic oxidation sites excluding steroid dienone is 14. The molecule has 0 fully saturated rings. The van der Waals surface area contributed by atoms with E-state index >= 15 is 0 Å². The lowest BCUT2D eigenvalue weighted by molar-refractivity contribution is -0.162. The molecule has 5 heteroatoms. The summed E-state index contributed by atoms with van der Waals surface area (Å²) in [5, 5.41) is 0. The third-order valence-electron chi connectivity index (χ3n) is 12.4. The van der Waals surface area contributed by atoms with Gasteiger partial charge in [0.1, 0.15) is 6.61 Å². The zero-order chi connectivity index (χ0) is 49.2. The predicted octanol–water partition coefficient (Wildman–Crippen LogP) is 20.0. The first kappa shape index (κ1) is 65.1. The maximum absolute atomic E-state index is 12.8. The van der Waals surface area contributed by atoms with Crippen LogP contribution in [0.3, 0.4) is 0 Å². The van der Waals surface area contributed by atoms with Crippen molar-refractivity contribution in [3.05, 3.63) is 85.1 Å². The van der Waals surface area contributed by atoms with E-state index in [2.05, 4.69) is 106 Å². The molecule has 0 aromatic rings. The lowest BCUT2D eigenvalue weighted by atomic mass is 10.0. The van der Waals surface area contributed by atoms with Crippen molar-refractivity contribution in [3.63, 3.8) is 0 Å². The summed E-state index contributed by atoms with van der Waals surface area (Å²) in [6.07, 6.45) is 77.5. The molecule has 392 valence electrons. The van der Waals surface area contributed by atoms with Gasteiger partial charge in [-0.05, 0) is 89.9 Å². The highest BCUT2D eigenvalue weighted by molar-refractivity contribution is 5.70. The van der Waals surface area contributed by atoms with Crippen molar-refractivity contribution in [2.45, 2.75) is 284 Å². The van der Waals surface area contributed by atoms with Gasteiger partial charge in [0.05, 0.1) is 6.61 Å². The van der Waals surface area contributed by atoms with Crippen molar-refractivity contribution < 1.29 is 23.8 Å². The van der Waals surface area contributed by atoms with E-state index in [1.54, 1.807) is 0 Å². The van der Waals surface area contributed by atoms with Crippen LogP contribution in [0.5, 0.6) is 0 Å². The molecule has 0 N–H and O–H groups in total. The fourth-order valence-corrected chi connectivity index (χ4v) is 8.11. The molecule has 0 aromatic heterocycles. The minimum atomic E-state index is -0.570. The highest BCUT2D eigenvalue weighted by Gasteiger charge is 2.17. The minimum Gasteiger partial charge on any atom is -0.462 e. The Morgan fingerprint density at radius 2 is 0.676 bits per heavy atom. The number of rotatable bonds is 53. The predicted molar refractivity (Wildman–Crippen MR) is 297 cm³/mol. The average Bonchev–Trinajstić information content (AvgIpc) is 3.34. The minimum absolute atomic E-state index is 0.0598. The quantitative estimate of drug-likeness (QED) is 0.0345. The maximum Gasteiger partial charge on any atom is 0.306 e. The average molecular weight is 948 g/mol. The lowest BCUT2D eigenvalue weighted by Crippen LogP contribution is -2.30. The maximum atomic E-state index is 12.8. The van der Waals surface area contributed by atoms with Crippen LogP contribution in [-0.4, -0.2) is 37.9 Å². The SMILES string of the molecule is CC/C=C\C/C=C\C/C=C\C/C=C\C/C=C\CCCC(=O)O[C@H](COCCCCCCCCCCCCCCCCCC)COC(=O)CCCCCCCCCCC/C=C\C/C=C\CCCCC. The van der Waals surface area contributed by atoms with Gasteiger partial charge in [-0.2, -0.15) is 0 Å². The van der Waals surface area contributed by atoms with Gasteiger partial charge < -0.3 is 14.2 Å². The van der Waals surface area contributed by atoms with Gasteiger partial charge in [0.2, 0.25) is 0 Å². The summed E-state index contributed by atoms with van der Waals surface area (Å²) in [4.78, 5) is 25.5. The fraction of sp³-hybridized carbons (Fsp3) is 0.746. The van der Waals surface area contributed by atoms with Gasteiger partial charge in [-0.3, -0.25) is 9.59 Å². The Hall–Kier alpha value is -2.92. The van der Waals surface area contributed by atoms with E-state index in [1.165, 1.54) is 161 Å². The van der Waals surface area contributed by atoms with Crippen molar-refractivity contribution in [3.8, 4) is 0 Å². The molecule has 0 radical (unpaired) electrons. The first-order valence-electron chi connectivity index (χ1n) is 29.1. The number of carbonyl (C=O) groups is 2. The number of unbranched alkanes of at least 4 members (excludes halogenated alkanes) is 28. The first-order valence-corrected chi connectivity index (χ1v) is 29.1. The summed E-state index contributed by atoms with van der Waals surface area (Å²) < 4.78 is 17.4. The lowest BCUT2D eigenvalue weighted by Gasteiger charge is -2.18. The molecule has 1 atom stereocenters. The second-order valence-corrected chi connectivity index (χ2v) is 19.2. The van der Waals surface area contributed by atoms with E-state index in [0.29, 0.717) is 19.4 Å². The molecular weight excluding hydrogens is 837 g/mol. The number of carbonyl (C=O) groups excluding carboxylic acids is 2. The van der Waals surface area contributed by atoms with Crippen molar-refractivity contribution in [1.29, 1.82) is 0 Å². The van der Waals surface area contributed by atoms with E-state index in [-0.39, 0.29) is 25.2 Å². The van der Waals surface area contributed by atoms with Gasteiger partial charge in [-0.25, -0.2) is 0 Å². The summed E-state index contributed by atoms with van der Waals surface area (Å²) in [5.74, 6) is -0.461. The largest absolute Gasteiger partial charge is 0.462 e. The van der Waals surface area contributed by atoms with E-state index in [0.717, 1.165) is 83.5 Å². The Bertz CT molecular complexity index is 1250. The van der Waals surface area contributed by atoms with Crippen LogP contribution in [-0.2, 0) is 23.8 Å². The molecule has 68 heavy (non-hydrogen) atoms. The van der Waals surface area contributed by atoms with Crippen LogP contribution in [0.15, 0.2) is 85.1 Å². The highest BCUT2D eigenvalue weighted by Crippen LogP contribution is 2.15. The smallest absolute Gasteiger partial charge is 0.306 e. The van der Waals surface area contributed by atoms with Gasteiger partial charge >= 0.3 is 11.9 Å². The summed E-state index contributed by atoms with van der Waals surface area (Å²) in [6, 6.07) is 0. The Morgan fingerprint density at radius 1 is 0.338 bits per heavy atom. The summed E-state index contributed by atoms with van der Waals surface area (Å²) in [7, 11) is 0. The summed E-state index contributed by atoms with van der Waals surface area (Å²) in [5.41, 5.74) is 0. The van der Waals surface area contributed by atoms with E-state index in [1.807, 2.05) is 0 Å². The van der Waals surface area contributed by atoms with Crippen LogP contribution >= 0.6 is 0 Å². The first-order chi connectivity index (χ1) is 33.6. The Balaban J connectivity index is 4.35. The van der Waals surface area contributed by atoms with Crippen LogP contribution in [0.4, 0.5) is 0 Å². The van der Waals surface area contributed by atoms with E-state index in [4.69, 9.17) is 14.2 Å². The molecule has 5 nitrogen and oxygen atoms in total. The van der Waals surface area contributed by atoms with Crippen molar-refractivity contribution in [2.75, 3.05) is 19.8 Å². The molecular formula is C63H110O5. The Labute approximate surface area is 422 Å². The van der Waals surface area contributed by atoms with Gasteiger partial charge in [-0.1, -0.05) is 260 Å². The third kappa shape index (κ3) is 55.7. The van der Waals surface area contributed by atoms with Gasteiger partial charge in [0.15, 0.2) is 6.10 Å². The van der Waals surface area contributed by atoms with Crippen molar-refractivity contribution in [1.82, 2.24) is 0 Å². The molecule has 0 saturated carbocycles. The molecule has 0 bridgehead atoms. The molecule has 0 aliphatic rings. The highest BCUT2D eigenvalue weighted by atomic mass is 16.6. The van der Waals surface area contributed by atoms with Crippen LogP contribution in [0.1, 0.15) is 278 Å².